The zero-order chi connectivity index (χ0) is 11.8. The van der Waals surface area contributed by atoms with Gasteiger partial charge in [-0.1, -0.05) is 29.8 Å². The summed E-state index contributed by atoms with van der Waals surface area (Å²) >= 11 is 4.69. The van der Waals surface area contributed by atoms with Crippen LogP contribution in [0, 0.1) is 6.92 Å². The van der Waals surface area contributed by atoms with Crippen LogP contribution in [0.1, 0.15) is 16.8 Å². The van der Waals surface area contributed by atoms with Gasteiger partial charge in [0.05, 0.1) is 0 Å². The van der Waals surface area contributed by atoms with Crippen LogP contribution < -0.4 is 0 Å². The van der Waals surface area contributed by atoms with Crippen LogP contribution in [0.2, 0.25) is 0 Å². The van der Waals surface area contributed by atoms with Crippen LogP contribution in [0.25, 0.3) is 4.91 Å². The van der Waals surface area contributed by atoms with Crippen molar-refractivity contribution in [2.45, 2.75) is 19.9 Å². The molecular weight excluding hydrogens is 226 g/mol. The highest BCUT2D eigenvalue weighted by atomic mass is 32.1. The van der Waals surface area contributed by atoms with E-state index in [0.717, 1.165) is 17.9 Å². The molecule has 0 spiro atoms. The molecule has 1 nitrogen and oxygen atoms in total. The minimum atomic E-state index is 0.981. The molecule has 0 N–H and O–H groups in total. The molecule has 2 aromatic rings. The molecule has 0 aliphatic carbocycles. The highest BCUT2D eigenvalue weighted by molar-refractivity contribution is 7.90. The third-order valence-corrected chi connectivity index (χ3v) is 3.91. The van der Waals surface area contributed by atoms with Crippen molar-refractivity contribution >= 4 is 17.5 Å². The fraction of sp³-hybridized carbons (Fsp3) is 0.200. The highest BCUT2D eigenvalue weighted by Crippen LogP contribution is 2.30. The van der Waals surface area contributed by atoms with Gasteiger partial charge in [0.2, 0.25) is 0 Å². The molecular formula is C15H15NS. The van der Waals surface area contributed by atoms with Gasteiger partial charge in [-0.3, -0.25) is 0 Å². The molecule has 86 valence electrons. The van der Waals surface area contributed by atoms with E-state index in [4.69, 9.17) is 12.6 Å². The van der Waals surface area contributed by atoms with Gasteiger partial charge in [-0.2, -0.15) is 0 Å². The normalized spacial score (nSPS) is 17.1. The maximum Gasteiger partial charge on any atom is 0.0450 e. The number of aryl methyl sites for hydroxylation is 1. The minimum Gasteiger partial charge on any atom is -0.347 e. The fourth-order valence-electron chi connectivity index (χ4n) is 2.32. The molecule has 0 saturated carbocycles. The zero-order valence-corrected chi connectivity index (χ0v) is 10.7. The van der Waals surface area contributed by atoms with E-state index in [1.165, 1.54) is 22.4 Å². The third kappa shape index (κ3) is 1.93. The van der Waals surface area contributed by atoms with Crippen LogP contribution in [-0.4, -0.2) is 4.57 Å². The average molecular weight is 241 g/mol. The molecule has 3 rings (SSSR count). The Kier molecular flexibility index (Phi) is 2.60. The van der Waals surface area contributed by atoms with E-state index in [-0.39, 0.29) is 0 Å². The molecule has 0 atom stereocenters. The van der Waals surface area contributed by atoms with E-state index in [2.05, 4.69) is 54.1 Å². The zero-order valence-electron chi connectivity index (χ0n) is 9.85. The molecule has 1 aromatic heterocycles. The second-order valence-electron chi connectivity index (χ2n) is 4.62. The van der Waals surface area contributed by atoms with Gasteiger partial charge < -0.3 is 4.57 Å². The maximum absolute atomic E-state index is 4.69. The van der Waals surface area contributed by atoms with Crippen molar-refractivity contribution in [2.75, 3.05) is 0 Å². The Morgan fingerprint density at radius 1 is 1.18 bits per heavy atom. The molecule has 0 saturated heterocycles. The first kappa shape index (κ1) is 10.7. The Labute approximate surface area is 107 Å². The monoisotopic (exact) mass is 241 g/mol. The van der Waals surface area contributed by atoms with Gasteiger partial charge in [-0.05, 0) is 30.2 Å². The summed E-state index contributed by atoms with van der Waals surface area (Å²) in [5.41, 5.74) is 5.31. The molecule has 0 radical (unpaired) electrons. The SMILES string of the molecule is Cc1ccc(/C(S)=C2/Cc3cccn3C2)cc1. The van der Waals surface area contributed by atoms with E-state index in [9.17, 15) is 0 Å². The van der Waals surface area contributed by atoms with Gasteiger partial charge in [0.1, 0.15) is 0 Å². The number of hydrogen-bond acceptors (Lipinski definition) is 1. The number of nitrogens with zero attached hydrogens (tertiary/aromatic N) is 1. The summed E-state index contributed by atoms with van der Waals surface area (Å²) in [6.07, 6.45) is 3.16. The lowest BCUT2D eigenvalue weighted by Gasteiger charge is -2.06. The Hall–Kier alpha value is -1.41. The van der Waals surface area contributed by atoms with Crippen molar-refractivity contribution in [3.63, 3.8) is 0 Å². The van der Waals surface area contributed by atoms with Crippen molar-refractivity contribution in [3.05, 3.63) is 65.0 Å². The predicted molar refractivity (Wildman–Crippen MR) is 75.2 cm³/mol. The van der Waals surface area contributed by atoms with E-state index in [1.807, 2.05) is 0 Å². The largest absolute Gasteiger partial charge is 0.347 e. The van der Waals surface area contributed by atoms with Crippen LogP contribution in [0.3, 0.4) is 0 Å². The summed E-state index contributed by atoms with van der Waals surface area (Å²) in [5, 5.41) is 0. The summed E-state index contributed by atoms with van der Waals surface area (Å²) in [6.45, 7) is 3.09. The number of rotatable bonds is 1. The second kappa shape index (κ2) is 4.11. The number of fused-ring (bicyclic) bond motifs is 1. The fourth-order valence-corrected chi connectivity index (χ4v) is 2.62. The standard InChI is InChI=1S/C15H15NS/c1-11-4-6-12(7-5-11)15(17)13-9-14-3-2-8-16(14)10-13/h2-8,17H,9-10H2,1H3/b15-13+. The summed E-state index contributed by atoms with van der Waals surface area (Å²) in [7, 11) is 0. The van der Waals surface area contributed by atoms with E-state index in [0.29, 0.717) is 0 Å². The Morgan fingerprint density at radius 3 is 2.65 bits per heavy atom. The smallest absolute Gasteiger partial charge is 0.0450 e. The van der Waals surface area contributed by atoms with E-state index >= 15 is 0 Å². The quantitative estimate of drug-likeness (QED) is 0.727. The Morgan fingerprint density at radius 2 is 1.94 bits per heavy atom. The molecule has 0 bridgehead atoms. The van der Waals surface area contributed by atoms with Crippen LogP contribution in [0.15, 0.2) is 48.2 Å². The summed E-state index contributed by atoms with van der Waals surface area (Å²) in [4.78, 5) is 1.13. The Balaban J connectivity index is 1.94. The van der Waals surface area contributed by atoms with Crippen molar-refractivity contribution < 1.29 is 0 Å². The lowest BCUT2D eigenvalue weighted by Crippen LogP contribution is -1.91. The molecule has 2 heteroatoms. The molecule has 17 heavy (non-hydrogen) atoms. The third-order valence-electron chi connectivity index (χ3n) is 3.34. The second-order valence-corrected chi connectivity index (χ2v) is 5.07. The Bertz CT molecular complexity index is 553. The van der Waals surface area contributed by atoms with Gasteiger partial charge in [0.25, 0.3) is 0 Å². The molecule has 0 amide bonds. The number of aromatic nitrogens is 1. The average Bonchev–Trinajstić information content (AvgIpc) is 2.89. The van der Waals surface area contributed by atoms with Crippen LogP contribution >= 0.6 is 12.6 Å². The lowest BCUT2D eigenvalue weighted by molar-refractivity contribution is 0.842. The number of hydrogen-bond donors (Lipinski definition) is 1. The van der Waals surface area contributed by atoms with Crippen LogP contribution in [-0.2, 0) is 13.0 Å². The van der Waals surface area contributed by atoms with Gasteiger partial charge in [-0.15, -0.1) is 12.6 Å². The first-order valence-corrected chi connectivity index (χ1v) is 6.31. The molecule has 0 unspecified atom stereocenters. The first-order chi connectivity index (χ1) is 8.24. The molecule has 2 heterocycles. The van der Waals surface area contributed by atoms with Gasteiger partial charge in [-0.25, -0.2) is 0 Å². The van der Waals surface area contributed by atoms with Gasteiger partial charge in [0.15, 0.2) is 0 Å². The molecule has 1 aliphatic heterocycles. The summed E-state index contributed by atoms with van der Waals surface area (Å²) < 4.78 is 2.29. The number of thiol groups is 1. The van der Waals surface area contributed by atoms with Crippen LogP contribution in [0.5, 0.6) is 0 Å². The van der Waals surface area contributed by atoms with Crippen LogP contribution in [0.4, 0.5) is 0 Å². The maximum atomic E-state index is 4.69. The van der Waals surface area contributed by atoms with Gasteiger partial charge >= 0.3 is 0 Å². The first-order valence-electron chi connectivity index (χ1n) is 5.86. The van der Waals surface area contributed by atoms with Crippen molar-refractivity contribution in [1.82, 2.24) is 4.57 Å². The van der Waals surface area contributed by atoms with E-state index in [1.54, 1.807) is 0 Å². The number of allylic oxidation sites excluding steroid dienone is 1. The van der Waals surface area contributed by atoms with Crippen molar-refractivity contribution in [1.29, 1.82) is 0 Å². The van der Waals surface area contributed by atoms with Gasteiger partial charge in [0, 0.05) is 29.8 Å². The predicted octanol–water partition coefficient (Wildman–Crippen LogP) is 3.69. The molecule has 0 fully saturated rings. The minimum absolute atomic E-state index is 0.981. The summed E-state index contributed by atoms with van der Waals surface area (Å²) in [5.74, 6) is 0. The summed E-state index contributed by atoms with van der Waals surface area (Å²) in [6, 6.07) is 12.9. The topological polar surface area (TPSA) is 4.93 Å². The van der Waals surface area contributed by atoms with E-state index < -0.39 is 0 Å². The molecule has 1 aromatic carbocycles. The van der Waals surface area contributed by atoms with Crippen molar-refractivity contribution in [3.8, 4) is 0 Å². The van der Waals surface area contributed by atoms with Crippen molar-refractivity contribution in [2.24, 2.45) is 0 Å². The highest BCUT2D eigenvalue weighted by Gasteiger charge is 2.16. The molecule has 1 aliphatic rings. The number of benzene rings is 1. The lowest BCUT2D eigenvalue weighted by atomic mass is 10.1.